The highest BCUT2D eigenvalue weighted by atomic mass is 35.5. The van der Waals surface area contributed by atoms with Crippen LogP contribution in [-0.4, -0.2) is 9.97 Å². The Balaban J connectivity index is 0.000000720. The third kappa shape index (κ3) is 1.46. The number of hydrogen-bond acceptors (Lipinski definition) is 2. The molecule has 3 nitrogen and oxygen atoms in total. The van der Waals surface area contributed by atoms with Gasteiger partial charge in [0.1, 0.15) is 0 Å². The Morgan fingerprint density at radius 2 is 2.08 bits per heavy atom. The number of hydrogen-bond donors (Lipinski definition) is 1. The van der Waals surface area contributed by atoms with Crippen molar-refractivity contribution in [1.29, 1.82) is 0 Å². The van der Waals surface area contributed by atoms with Crippen molar-refractivity contribution in [2.24, 2.45) is 0 Å². The molecule has 0 unspecified atom stereocenters. The summed E-state index contributed by atoms with van der Waals surface area (Å²) in [5, 5.41) is 0. The number of H-pyrrole nitrogens is 1. The summed E-state index contributed by atoms with van der Waals surface area (Å²) in [6.45, 7) is 0. The van der Waals surface area contributed by atoms with E-state index in [9.17, 15) is 4.79 Å². The zero-order valence-electron chi connectivity index (χ0n) is 6.15. The van der Waals surface area contributed by atoms with Crippen LogP contribution in [0.2, 0.25) is 0 Å². The molecule has 2 aromatic rings. The molecule has 0 aliphatic carbocycles. The first kappa shape index (κ1) is 8.74. The van der Waals surface area contributed by atoms with Crippen LogP contribution in [-0.2, 0) is 0 Å². The van der Waals surface area contributed by atoms with Crippen LogP contribution in [0.5, 0.6) is 0 Å². The van der Waals surface area contributed by atoms with E-state index < -0.39 is 0 Å². The quantitative estimate of drug-likeness (QED) is 0.669. The lowest BCUT2D eigenvalue weighted by molar-refractivity contribution is 1.27. The zero-order valence-corrected chi connectivity index (χ0v) is 6.97. The summed E-state index contributed by atoms with van der Waals surface area (Å²) in [6, 6.07) is 6.78. The Hall–Kier alpha value is -1.35. The van der Waals surface area contributed by atoms with Gasteiger partial charge in [-0.2, -0.15) is 0 Å². The second-order valence-electron chi connectivity index (χ2n) is 2.26. The molecular weight excluding hydrogens is 176 g/mol. The number of rotatable bonds is 0. The normalized spacial score (nSPS) is 9.33. The molecule has 0 aromatic carbocycles. The fourth-order valence-electron chi connectivity index (χ4n) is 0.985. The topological polar surface area (TPSA) is 45.8 Å². The van der Waals surface area contributed by atoms with Crippen LogP contribution in [0.3, 0.4) is 0 Å². The van der Waals surface area contributed by atoms with Crippen molar-refractivity contribution >= 4 is 23.4 Å². The Kier molecular flexibility index (Phi) is 2.45. The fourth-order valence-corrected chi connectivity index (χ4v) is 0.985. The number of fused-ring (bicyclic) bond motifs is 1. The molecule has 0 radical (unpaired) electrons. The number of aromatic amines is 1. The zero-order chi connectivity index (χ0) is 7.68. The molecular formula is C8H7ClN2O. The number of pyridine rings is 2. The minimum Gasteiger partial charge on any atom is -0.321 e. The van der Waals surface area contributed by atoms with Crippen molar-refractivity contribution in [3.05, 3.63) is 40.8 Å². The van der Waals surface area contributed by atoms with Crippen LogP contribution < -0.4 is 5.56 Å². The summed E-state index contributed by atoms with van der Waals surface area (Å²) < 4.78 is 0. The molecule has 0 saturated heterocycles. The molecule has 12 heavy (non-hydrogen) atoms. The van der Waals surface area contributed by atoms with Gasteiger partial charge in [-0.1, -0.05) is 0 Å². The Morgan fingerprint density at radius 3 is 2.92 bits per heavy atom. The van der Waals surface area contributed by atoms with Crippen molar-refractivity contribution in [1.82, 2.24) is 9.97 Å². The number of nitrogens with zero attached hydrogens (tertiary/aromatic N) is 1. The van der Waals surface area contributed by atoms with Gasteiger partial charge in [0.15, 0.2) is 0 Å². The molecule has 4 heteroatoms. The van der Waals surface area contributed by atoms with Crippen LogP contribution in [0, 0.1) is 0 Å². The maximum atomic E-state index is 10.8. The summed E-state index contributed by atoms with van der Waals surface area (Å²) in [4.78, 5) is 17.5. The van der Waals surface area contributed by atoms with Crippen molar-refractivity contribution in [3.8, 4) is 0 Å². The highest BCUT2D eigenvalue weighted by Gasteiger charge is 1.90. The van der Waals surface area contributed by atoms with Gasteiger partial charge in [-0.05, 0) is 18.2 Å². The molecule has 62 valence electrons. The van der Waals surface area contributed by atoms with Crippen molar-refractivity contribution in [3.63, 3.8) is 0 Å². The molecule has 0 amide bonds. The third-order valence-electron chi connectivity index (χ3n) is 1.49. The van der Waals surface area contributed by atoms with Gasteiger partial charge < -0.3 is 4.98 Å². The molecule has 2 aromatic heterocycles. The number of halogens is 1. The van der Waals surface area contributed by atoms with Gasteiger partial charge in [0.25, 0.3) is 0 Å². The van der Waals surface area contributed by atoms with Gasteiger partial charge >= 0.3 is 0 Å². The van der Waals surface area contributed by atoms with E-state index in [2.05, 4.69) is 9.97 Å². The van der Waals surface area contributed by atoms with Gasteiger partial charge in [-0.15, -0.1) is 12.4 Å². The average Bonchev–Trinajstić information content (AvgIpc) is 2.04. The van der Waals surface area contributed by atoms with E-state index in [0.717, 1.165) is 11.0 Å². The molecule has 2 heterocycles. The third-order valence-corrected chi connectivity index (χ3v) is 1.49. The summed E-state index contributed by atoms with van der Waals surface area (Å²) in [6.07, 6.45) is 1.70. The second-order valence-corrected chi connectivity index (χ2v) is 2.26. The van der Waals surface area contributed by atoms with E-state index in [-0.39, 0.29) is 18.0 Å². The lowest BCUT2D eigenvalue weighted by atomic mass is 10.3. The number of nitrogens with one attached hydrogen (secondary N) is 1. The SMILES string of the molecule is Cl.O=c1ccc2ncccc2[nH]1. The smallest absolute Gasteiger partial charge is 0.248 e. The Bertz CT molecular complexity index is 438. The first-order valence-electron chi connectivity index (χ1n) is 3.30. The van der Waals surface area contributed by atoms with Crippen LogP contribution in [0.4, 0.5) is 0 Å². The van der Waals surface area contributed by atoms with E-state index in [1.807, 2.05) is 6.07 Å². The first-order valence-corrected chi connectivity index (χ1v) is 3.30. The van der Waals surface area contributed by atoms with E-state index in [1.165, 1.54) is 6.07 Å². The maximum Gasteiger partial charge on any atom is 0.248 e. The molecule has 0 fully saturated rings. The second kappa shape index (κ2) is 3.36. The Labute approximate surface area is 74.9 Å². The molecule has 0 atom stereocenters. The van der Waals surface area contributed by atoms with Crippen LogP contribution >= 0.6 is 12.4 Å². The van der Waals surface area contributed by atoms with Gasteiger partial charge in [0, 0.05) is 12.3 Å². The molecule has 2 rings (SSSR count). The summed E-state index contributed by atoms with van der Waals surface area (Å²) >= 11 is 0. The number of aromatic nitrogens is 2. The van der Waals surface area contributed by atoms with Gasteiger partial charge in [0.05, 0.1) is 11.0 Å². The summed E-state index contributed by atoms with van der Waals surface area (Å²) in [5.41, 5.74) is 1.50. The van der Waals surface area contributed by atoms with Gasteiger partial charge in [-0.25, -0.2) is 0 Å². The van der Waals surface area contributed by atoms with Crippen molar-refractivity contribution in [2.75, 3.05) is 0 Å². The maximum absolute atomic E-state index is 10.8. The average molecular weight is 183 g/mol. The monoisotopic (exact) mass is 182 g/mol. The fraction of sp³-hybridized carbons (Fsp3) is 0. The van der Waals surface area contributed by atoms with Crippen LogP contribution in [0.1, 0.15) is 0 Å². The van der Waals surface area contributed by atoms with E-state index >= 15 is 0 Å². The minimum atomic E-state index is -0.0921. The molecule has 0 aliphatic rings. The van der Waals surface area contributed by atoms with E-state index in [4.69, 9.17) is 0 Å². The predicted molar refractivity (Wildman–Crippen MR) is 49.6 cm³/mol. The standard InChI is InChI=1S/C8H6N2O.ClH/c11-8-4-3-6-7(10-8)2-1-5-9-6;/h1-5H,(H,10,11);1H. The van der Waals surface area contributed by atoms with Gasteiger partial charge in [0.2, 0.25) is 5.56 Å². The van der Waals surface area contributed by atoms with Gasteiger partial charge in [-0.3, -0.25) is 9.78 Å². The van der Waals surface area contributed by atoms with Crippen LogP contribution in [0.25, 0.3) is 11.0 Å². The Morgan fingerprint density at radius 1 is 1.25 bits per heavy atom. The molecule has 0 saturated carbocycles. The summed E-state index contributed by atoms with van der Waals surface area (Å²) in [7, 11) is 0. The molecule has 1 N–H and O–H groups in total. The molecule has 0 aliphatic heterocycles. The van der Waals surface area contributed by atoms with Crippen molar-refractivity contribution < 1.29 is 0 Å². The highest BCUT2D eigenvalue weighted by Crippen LogP contribution is 2.02. The molecule has 0 bridgehead atoms. The lowest BCUT2D eigenvalue weighted by Crippen LogP contribution is -2.02. The summed E-state index contributed by atoms with van der Waals surface area (Å²) in [5.74, 6) is 0. The van der Waals surface area contributed by atoms with E-state index in [1.54, 1.807) is 18.3 Å². The van der Waals surface area contributed by atoms with Crippen molar-refractivity contribution in [2.45, 2.75) is 0 Å². The molecule has 0 spiro atoms. The minimum absolute atomic E-state index is 0. The van der Waals surface area contributed by atoms with E-state index in [0.29, 0.717) is 0 Å². The largest absolute Gasteiger partial charge is 0.321 e. The predicted octanol–water partition coefficient (Wildman–Crippen LogP) is 1.34. The lowest BCUT2D eigenvalue weighted by Gasteiger charge is -1.92. The van der Waals surface area contributed by atoms with Crippen LogP contribution in [0.15, 0.2) is 35.3 Å². The highest BCUT2D eigenvalue weighted by molar-refractivity contribution is 5.85. The first-order chi connectivity index (χ1) is 5.36.